The van der Waals surface area contributed by atoms with E-state index in [4.69, 9.17) is 0 Å². The molecule has 0 radical (unpaired) electrons. The highest BCUT2D eigenvalue weighted by Crippen LogP contribution is 2.47. The normalized spacial score (nSPS) is 19.7. The lowest BCUT2D eigenvalue weighted by atomic mass is 10.0. The van der Waals surface area contributed by atoms with Crippen LogP contribution in [0, 0.1) is 19.3 Å². The van der Waals surface area contributed by atoms with Gasteiger partial charge in [-0.1, -0.05) is 30.5 Å². The van der Waals surface area contributed by atoms with Crippen LogP contribution in [0.3, 0.4) is 0 Å². The number of carbonyl (C=O) groups excluding carboxylic acids is 2. The van der Waals surface area contributed by atoms with Crippen LogP contribution in [0.5, 0.6) is 0 Å². The zero-order valence-corrected chi connectivity index (χ0v) is 13.4. The molecular weight excluding hydrogens is 276 g/mol. The molecule has 3 rings (SSSR count). The molecule has 2 amide bonds. The second-order valence-electron chi connectivity index (χ2n) is 6.81. The molecule has 0 unspecified atom stereocenters. The Morgan fingerprint density at radius 3 is 2.36 bits per heavy atom. The van der Waals surface area contributed by atoms with Crippen molar-refractivity contribution in [1.82, 2.24) is 5.32 Å². The first kappa shape index (κ1) is 15.1. The quantitative estimate of drug-likeness (QED) is 0.840. The van der Waals surface area contributed by atoms with E-state index in [1.165, 1.54) is 12.8 Å². The largest absolute Gasteiger partial charge is 0.352 e. The summed E-state index contributed by atoms with van der Waals surface area (Å²) in [6, 6.07) is 6.18. The molecule has 118 valence electrons. The number of benzene rings is 1. The molecule has 2 saturated carbocycles. The van der Waals surface area contributed by atoms with Gasteiger partial charge in [0.05, 0.1) is 0 Å². The molecule has 0 spiro atoms. The van der Waals surface area contributed by atoms with Gasteiger partial charge in [0.2, 0.25) is 11.8 Å². The maximum atomic E-state index is 12.6. The van der Waals surface area contributed by atoms with E-state index in [-0.39, 0.29) is 17.9 Å². The number of carbonyl (C=O) groups is 2. The number of rotatable bonds is 4. The molecule has 1 aromatic carbocycles. The maximum Gasteiger partial charge on any atom is 0.240 e. The molecular formula is C18H24N2O2. The molecule has 4 nitrogen and oxygen atoms in total. The zero-order chi connectivity index (χ0) is 15.7. The van der Waals surface area contributed by atoms with Crippen molar-refractivity contribution in [3.8, 4) is 0 Å². The van der Waals surface area contributed by atoms with Gasteiger partial charge in [0.25, 0.3) is 0 Å². The molecule has 0 heterocycles. The van der Waals surface area contributed by atoms with Crippen LogP contribution in [0.4, 0.5) is 5.69 Å². The van der Waals surface area contributed by atoms with Gasteiger partial charge in [-0.2, -0.15) is 0 Å². The van der Waals surface area contributed by atoms with Gasteiger partial charge >= 0.3 is 0 Å². The molecule has 2 aliphatic carbocycles. The van der Waals surface area contributed by atoms with Gasteiger partial charge in [0, 0.05) is 11.7 Å². The van der Waals surface area contributed by atoms with Crippen LogP contribution in [0.1, 0.15) is 49.7 Å². The summed E-state index contributed by atoms with van der Waals surface area (Å²) in [4.78, 5) is 25.1. The standard InChI is InChI=1S/C18H24N2O2/c1-12-7-8-15(13(2)11-12)20-17(22)18(9-10-18)16(21)19-14-5-3-4-6-14/h7-8,11,14H,3-6,9-10H2,1-2H3,(H,19,21)(H,20,22). The van der Waals surface area contributed by atoms with Crippen LogP contribution in [0.25, 0.3) is 0 Å². The molecule has 0 bridgehead atoms. The van der Waals surface area contributed by atoms with E-state index in [1.54, 1.807) is 0 Å². The minimum absolute atomic E-state index is 0.0818. The third-order valence-electron chi connectivity index (χ3n) is 4.94. The maximum absolute atomic E-state index is 12.6. The number of amides is 2. The van der Waals surface area contributed by atoms with Gasteiger partial charge in [-0.25, -0.2) is 0 Å². The third kappa shape index (κ3) is 2.87. The van der Waals surface area contributed by atoms with Gasteiger partial charge < -0.3 is 10.6 Å². The molecule has 0 atom stereocenters. The predicted molar refractivity (Wildman–Crippen MR) is 86.6 cm³/mol. The van der Waals surface area contributed by atoms with Crippen molar-refractivity contribution in [1.29, 1.82) is 0 Å². The zero-order valence-electron chi connectivity index (χ0n) is 13.4. The Morgan fingerprint density at radius 2 is 1.77 bits per heavy atom. The van der Waals surface area contributed by atoms with Crippen molar-refractivity contribution in [3.63, 3.8) is 0 Å². The summed E-state index contributed by atoms with van der Waals surface area (Å²) in [5, 5.41) is 6.02. The average molecular weight is 300 g/mol. The summed E-state index contributed by atoms with van der Waals surface area (Å²) >= 11 is 0. The Morgan fingerprint density at radius 1 is 1.09 bits per heavy atom. The van der Waals surface area contributed by atoms with Crippen molar-refractivity contribution in [2.45, 2.75) is 58.4 Å². The van der Waals surface area contributed by atoms with E-state index in [0.29, 0.717) is 12.8 Å². The lowest BCUT2D eigenvalue weighted by molar-refractivity contribution is -0.134. The number of anilines is 1. The average Bonchev–Trinajstić information content (AvgIpc) is 3.15. The first-order valence-corrected chi connectivity index (χ1v) is 8.21. The van der Waals surface area contributed by atoms with Crippen molar-refractivity contribution in [2.24, 2.45) is 5.41 Å². The summed E-state index contributed by atoms with van der Waals surface area (Å²) in [6.45, 7) is 4.00. The molecule has 4 heteroatoms. The van der Waals surface area contributed by atoms with Gasteiger partial charge in [-0.3, -0.25) is 9.59 Å². The molecule has 1 aromatic rings. The van der Waals surface area contributed by atoms with Crippen molar-refractivity contribution in [2.75, 3.05) is 5.32 Å². The Hall–Kier alpha value is -1.84. The van der Waals surface area contributed by atoms with E-state index >= 15 is 0 Å². The smallest absolute Gasteiger partial charge is 0.240 e. The highest BCUT2D eigenvalue weighted by Gasteiger charge is 2.56. The number of hydrogen-bond donors (Lipinski definition) is 2. The number of aryl methyl sites for hydroxylation is 2. The second-order valence-corrected chi connectivity index (χ2v) is 6.81. The number of hydrogen-bond acceptors (Lipinski definition) is 2. The first-order valence-electron chi connectivity index (χ1n) is 8.21. The monoisotopic (exact) mass is 300 g/mol. The molecule has 2 N–H and O–H groups in total. The first-order chi connectivity index (χ1) is 10.5. The van der Waals surface area contributed by atoms with Crippen LogP contribution in [0.15, 0.2) is 18.2 Å². The van der Waals surface area contributed by atoms with E-state index in [2.05, 4.69) is 10.6 Å². The minimum Gasteiger partial charge on any atom is -0.352 e. The van der Waals surface area contributed by atoms with Crippen molar-refractivity contribution >= 4 is 17.5 Å². The predicted octanol–water partition coefficient (Wildman–Crippen LogP) is 3.08. The van der Waals surface area contributed by atoms with Gasteiger partial charge in [-0.15, -0.1) is 0 Å². The Labute approximate surface area is 131 Å². The SMILES string of the molecule is Cc1ccc(NC(=O)C2(C(=O)NC3CCCC3)CC2)c(C)c1. The lowest BCUT2D eigenvalue weighted by Gasteiger charge is -2.19. The fourth-order valence-electron chi connectivity index (χ4n) is 3.27. The molecule has 0 aliphatic heterocycles. The van der Waals surface area contributed by atoms with Gasteiger partial charge in [0.15, 0.2) is 0 Å². The number of nitrogens with one attached hydrogen (secondary N) is 2. The third-order valence-corrected chi connectivity index (χ3v) is 4.94. The Kier molecular flexibility index (Phi) is 3.94. The molecule has 0 aromatic heterocycles. The van der Waals surface area contributed by atoms with Crippen LogP contribution in [-0.2, 0) is 9.59 Å². The Balaban J connectivity index is 1.66. The van der Waals surface area contributed by atoms with Crippen LogP contribution >= 0.6 is 0 Å². The summed E-state index contributed by atoms with van der Waals surface area (Å²) in [7, 11) is 0. The summed E-state index contributed by atoms with van der Waals surface area (Å²) in [5.74, 6) is -0.239. The second kappa shape index (κ2) is 5.75. The van der Waals surface area contributed by atoms with Crippen LogP contribution in [-0.4, -0.2) is 17.9 Å². The topological polar surface area (TPSA) is 58.2 Å². The van der Waals surface area contributed by atoms with Gasteiger partial charge in [0.1, 0.15) is 5.41 Å². The van der Waals surface area contributed by atoms with Crippen LogP contribution < -0.4 is 10.6 Å². The Bertz CT molecular complexity index is 599. The van der Waals surface area contributed by atoms with E-state index in [1.807, 2.05) is 32.0 Å². The highest BCUT2D eigenvalue weighted by atomic mass is 16.2. The van der Waals surface area contributed by atoms with Crippen molar-refractivity contribution in [3.05, 3.63) is 29.3 Å². The minimum atomic E-state index is -0.833. The van der Waals surface area contributed by atoms with E-state index < -0.39 is 5.41 Å². The highest BCUT2D eigenvalue weighted by molar-refractivity contribution is 6.13. The molecule has 2 fully saturated rings. The molecule has 0 saturated heterocycles. The van der Waals surface area contributed by atoms with Crippen molar-refractivity contribution < 1.29 is 9.59 Å². The molecule has 2 aliphatic rings. The lowest BCUT2D eigenvalue weighted by Crippen LogP contribution is -2.43. The summed E-state index contributed by atoms with van der Waals surface area (Å²) < 4.78 is 0. The van der Waals surface area contributed by atoms with E-state index in [0.717, 1.165) is 29.7 Å². The summed E-state index contributed by atoms with van der Waals surface area (Å²) in [6.07, 6.45) is 5.74. The molecule has 22 heavy (non-hydrogen) atoms. The summed E-state index contributed by atoms with van der Waals surface area (Å²) in [5.41, 5.74) is 2.16. The van der Waals surface area contributed by atoms with E-state index in [9.17, 15) is 9.59 Å². The fraction of sp³-hybridized carbons (Fsp3) is 0.556. The van der Waals surface area contributed by atoms with Gasteiger partial charge in [-0.05, 0) is 51.2 Å². The fourth-order valence-corrected chi connectivity index (χ4v) is 3.27. The van der Waals surface area contributed by atoms with Crippen LogP contribution in [0.2, 0.25) is 0 Å².